The number of benzene rings is 2. The number of halogens is 1. The molecule has 0 N–H and O–H groups in total. The summed E-state index contributed by atoms with van der Waals surface area (Å²) in [6.45, 7) is 11.2. The average molecular weight is 607 g/mol. The van der Waals surface area contributed by atoms with Crippen LogP contribution in [0.1, 0.15) is 12.2 Å². The third-order valence-electron chi connectivity index (χ3n) is 7.37. The van der Waals surface area contributed by atoms with Gasteiger partial charge in [0.2, 0.25) is 0 Å². The minimum Gasteiger partial charge on any atom is -0.456 e. The van der Waals surface area contributed by atoms with E-state index in [1.807, 2.05) is 66.1 Å². The first-order valence-electron chi connectivity index (χ1n) is 14.0. The average Bonchev–Trinajstić information content (AvgIpc) is 3.69. The van der Waals surface area contributed by atoms with Crippen LogP contribution in [0.25, 0.3) is 33.3 Å². The Balaban J connectivity index is 1.22. The molecule has 1 aliphatic heterocycles. The summed E-state index contributed by atoms with van der Waals surface area (Å²) in [6, 6.07) is 10.7. The maximum absolute atomic E-state index is 6.86. The molecule has 1 unspecified atom stereocenters. The Bertz CT molecular complexity index is 1690. The lowest BCUT2D eigenvalue weighted by Crippen LogP contribution is -2.22. The summed E-state index contributed by atoms with van der Waals surface area (Å²) in [5.41, 5.74) is 4.82. The smallest absolute Gasteiger partial charge is 0.148 e. The van der Waals surface area contributed by atoms with Gasteiger partial charge in [-0.1, -0.05) is 31.2 Å². The second-order valence-corrected chi connectivity index (χ2v) is 19.0. The van der Waals surface area contributed by atoms with Crippen LogP contribution in [0.5, 0.6) is 11.5 Å². The van der Waals surface area contributed by atoms with Gasteiger partial charge in [-0.15, -0.1) is 0 Å². The van der Waals surface area contributed by atoms with Crippen molar-refractivity contribution in [1.29, 1.82) is 0 Å². The van der Waals surface area contributed by atoms with Crippen molar-refractivity contribution in [3.8, 4) is 22.8 Å². The van der Waals surface area contributed by atoms with Crippen LogP contribution in [0.15, 0.2) is 48.9 Å². The van der Waals surface area contributed by atoms with Gasteiger partial charge in [0.05, 0.1) is 34.6 Å². The van der Waals surface area contributed by atoms with Crippen LogP contribution in [0.4, 0.5) is 0 Å². The number of rotatable bonds is 10. The summed E-state index contributed by atoms with van der Waals surface area (Å²) in [4.78, 5) is 14.2. The van der Waals surface area contributed by atoms with E-state index in [1.165, 1.54) is 17.9 Å². The van der Waals surface area contributed by atoms with Crippen LogP contribution in [-0.4, -0.2) is 55.5 Å². The third kappa shape index (κ3) is 6.45. The highest BCUT2D eigenvalue weighted by molar-refractivity contribution is 7.99. The van der Waals surface area contributed by atoms with Crippen molar-refractivity contribution in [2.75, 3.05) is 18.1 Å². The first kappa shape index (κ1) is 28.2. The van der Waals surface area contributed by atoms with E-state index in [1.54, 1.807) is 6.20 Å². The van der Waals surface area contributed by atoms with Gasteiger partial charge in [-0.25, -0.2) is 9.97 Å². The lowest BCUT2D eigenvalue weighted by atomic mass is 10.1. The highest BCUT2D eigenvalue weighted by Crippen LogP contribution is 2.36. The van der Waals surface area contributed by atoms with E-state index in [2.05, 4.69) is 34.3 Å². The van der Waals surface area contributed by atoms with Crippen molar-refractivity contribution < 1.29 is 9.47 Å². The molecule has 0 aliphatic carbocycles. The Labute approximate surface area is 250 Å². The summed E-state index contributed by atoms with van der Waals surface area (Å²) in [7, 11) is -1.15. The maximum Gasteiger partial charge on any atom is 0.148 e. The Hall–Kier alpha value is -2.92. The van der Waals surface area contributed by atoms with Crippen LogP contribution in [0, 0.1) is 12.8 Å². The van der Waals surface area contributed by atoms with Crippen molar-refractivity contribution in [2.45, 2.75) is 52.3 Å². The molecule has 2 aromatic carbocycles. The molecule has 1 fully saturated rings. The minimum atomic E-state index is -1.15. The lowest BCUT2D eigenvalue weighted by molar-refractivity contribution is 0.0885. The van der Waals surface area contributed by atoms with Gasteiger partial charge in [0, 0.05) is 39.1 Å². The topological polar surface area (TPSA) is 79.9 Å². The van der Waals surface area contributed by atoms with Gasteiger partial charge < -0.3 is 14.0 Å². The molecule has 0 radical (unpaired) electrons. The molecule has 0 saturated carbocycles. The van der Waals surface area contributed by atoms with Crippen molar-refractivity contribution >= 4 is 53.5 Å². The highest BCUT2D eigenvalue weighted by atomic mass is 35.5. The normalized spacial score (nSPS) is 15.8. The molecular formula is C30H35ClN6O2SSi. The van der Waals surface area contributed by atoms with E-state index in [9.17, 15) is 0 Å². The van der Waals surface area contributed by atoms with E-state index in [4.69, 9.17) is 31.0 Å². The molecule has 0 amide bonds. The molecular weight excluding hydrogens is 572 g/mol. The monoisotopic (exact) mass is 606 g/mol. The van der Waals surface area contributed by atoms with Crippen LogP contribution < -0.4 is 4.74 Å². The lowest BCUT2D eigenvalue weighted by Gasteiger charge is -2.16. The number of thioether (sulfide) groups is 1. The number of ether oxygens (including phenoxy) is 2. The summed E-state index contributed by atoms with van der Waals surface area (Å²) in [6.07, 6.45) is 6.91. The molecule has 214 valence electrons. The molecule has 1 saturated heterocycles. The van der Waals surface area contributed by atoms with Gasteiger partial charge in [-0.2, -0.15) is 16.9 Å². The number of hydrogen-bond acceptors (Lipinski definition) is 7. The first-order valence-corrected chi connectivity index (χ1v) is 19.3. The number of fused-ring (bicyclic) bond motifs is 2. The molecule has 4 heterocycles. The van der Waals surface area contributed by atoms with E-state index < -0.39 is 8.07 Å². The summed E-state index contributed by atoms with van der Waals surface area (Å²) in [5, 5.41) is 4.99. The molecule has 41 heavy (non-hydrogen) atoms. The summed E-state index contributed by atoms with van der Waals surface area (Å²) < 4.78 is 16.4. The Morgan fingerprint density at radius 1 is 1.10 bits per heavy atom. The third-order valence-corrected chi connectivity index (χ3v) is 10.7. The molecule has 8 nitrogen and oxygen atoms in total. The molecule has 6 rings (SSSR count). The fourth-order valence-corrected chi connectivity index (χ4v) is 7.21. The van der Waals surface area contributed by atoms with Gasteiger partial charge in [-0.05, 0) is 61.1 Å². The van der Waals surface area contributed by atoms with Gasteiger partial charge >= 0.3 is 0 Å². The Morgan fingerprint density at radius 3 is 2.76 bits per heavy atom. The maximum atomic E-state index is 6.86. The van der Waals surface area contributed by atoms with Gasteiger partial charge in [0.1, 0.15) is 34.6 Å². The second kappa shape index (κ2) is 11.8. The quantitative estimate of drug-likeness (QED) is 0.119. The van der Waals surface area contributed by atoms with Gasteiger partial charge in [-0.3, -0.25) is 9.67 Å². The van der Waals surface area contributed by atoms with E-state index in [0.29, 0.717) is 40.2 Å². The van der Waals surface area contributed by atoms with E-state index >= 15 is 0 Å². The molecule has 0 spiro atoms. The molecule has 0 bridgehead atoms. The van der Waals surface area contributed by atoms with E-state index in [0.717, 1.165) is 47.3 Å². The van der Waals surface area contributed by atoms with E-state index in [-0.39, 0.29) is 0 Å². The zero-order chi connectivity index (χ0) is 28.6. The molecule has 1 atom stereocenters. The number of nitrogens with zero attached hydrogens (tertiary/aromatic N) is 6. The largest absolute Gasteiger partial charge is 0.456 e. The van der Waals surface area contributed by atoms with Crippen molar-refractivity contribution in [1.82, 2.24) is 29.3 Å². The van der Waals surface area contributed by atoms with Crippen LogP contribution in [-0.2, 0) is 18.0 Å². The first-order chi connectivity index (χ1) is 19.7. The zero-order valence-electron chi connectivity index (χ0n) is 23.9. The fourth-order valence-electron chi connectivity index (χ4n) is 4.94. The predicted molar refractivity (Wildman–Crippen MR) is 170 cm³/mol. The van der Waals surface area contributed by atoms with Crippen molar-refractivity contribution in [3.05, 3.63) is 59.8 Å². The van der Waals surface area contributed by atoms with Crippen molar-refractivity contribution in [3.63, 3.8) is 0 Å². The number of aromatic nitrogens is 6. The second-order valence-electron chi connectivity index (χ2n) is 11.9. The van der Waals surface area contributed by atoms with Crippen LogP contribution >= 0.6 is 23.4 Å². The van der Waals surface area contributed by atoms with Crippen LogP contribution in [0.3, 0.4) is 0 Å². The Kier molecular flexibility index (Phi) is 8.09. The standard InChI is InChI=1S/C30H35ClN6O2SSi/c1-20-34-24-6-5-23(13-27(24)37(20)19-38-10-12-41(2,3)4)39-28-8-7-25-30(29(28)31)35-26(15-32-25)22-14-33-36(17-22)16-21-9-11-40-18-21/h5-8,13-15,17,21H,9-12,16,18-19H2,1-4H3. The zero-order valence-corrected chi connectivity index (χ0v) is 26.5. The minimum absolute atomic E-state index is 0.423. The molecule has 1 aliphatic rings. The van der Waals surface area contributed by atoms with Crippen molar-refractivity contribution in [2.24, 2.45) is 5.92 Å². The fraction of sp³-hybridized carbons (Fsp3) is 0.400. The van der Waals surface area contributed by atoms with Crippen LogP contribution in [0.2, 0.25) is 30.7 Å². The number of aryl methyl sites for hydroxylation is 1. The predicted octanol–water partition coefficient (Wildman–Crippen LogP) is 7.66. The van der Waals surface area contributed by atoms with Gasteiger partial charge in [0.25, 0.3) is 0 Å². The number of imidazole rings is 1. The summed E-state index contributed by atoms with van der Waals surface area (Å²) >= 11 is 8.88. The SMILES string of the molecule is Cc1nc2ccc(Oc3ccc4ncc(-c5cnn(CC6CCSC6)c5)nc4c3Cl)cc2n1COCC[Si](C)(C)C. The highest BCUT2D eigenvalue weighted by Gasteiger charge is 2.18. The summed E-state index contributed by atoms with van der Waals surface area (Å²) in [5.74, 6) is 5.20. The molecule has 5 aromatic rings. The Morgan fingerprint density at radius 2 is 1.95 bits per heavy atom. The molecule has 3 aromatic heterocycles. The number of hydrogen-bond donors (Lipinski definition) is 0. The molecule has 11 heteroatoms. The van der Waals surface area contributed by atoms with Gasteiger partial charge in [0.15, 0.2) is 0 Å².